The van der Waals surface area contributed by atoms with Crippen molar-refractivity contribution < 1.29 is 18.3 Å². The summed E-state index contributed by atoms with van der Waals surface area (Å²) in [6.45, 7) is 0. The van der Waals surface area contributed by atoms with Gasteiger partial charge in [0.15, 0.2) is 9.84 Å². The van der Waals surface area contributed by atoms with Gasteiger partial charge in [-0.05, 0) is 25.7 Å². The molecule has 2 aliphatic heterocycles. The smallest absolute Gasteiger partial charge is 0.306 e. The molecule has 5 heteroatoms. The summed E-state index contributed by atoms with van der Waals surface area (Å²) in [5.41, 5.74) is 0. The first-order valence-electron chi connectivity index (χ1n) is 4.47. The Morgan fingerprint density at radius 2 is 1.62 bits per heavy atom. The van der Waals surface area contributed by atoms with Crippen LogP contribution in [0.1, 0.15) is 25.7 Å². The molecule has 0 saturated carbocycles. The lowest BCUT2D eigenvalue weighted by atomic mass is 10.00. The van der Waals surface area contributed by atoms with Gasteiger partial charge in [0.2, 0.25) is 0 Å². The van der Waals surface area contributed by atoms with Crippen molar-refractivity contribution in [3.05, 3.63) is 0 Å². The monoisotopic (exact) mass is 204 g/mol. The second kappa shape index (κ2) is 2.70. The topological polar surface area (TPSA) is 71.4 Å². The Morgan fingerprint density at radius 1 is 1.15 bits per heavy atom. The Kier molecular flexibility index (Phi) is 1.87. The number of rotatable bonds is 1. The maximum absolute atomic E-state index is 11.6. The number of carboxylic acids is 1. The number of aliphatic carboxylic acids is 1. The summed E-state index contributed by atoms with van der Waals surface area (Å²) in [6, 6.07) is 0. The predicted molar refractivity (Wildman–Crippen MR) is 46.1 cm³/mol. The molecule has 2 rings (SSSR count). The molecule has 0 aliphatic carbocycles. The zero-order chi connectivity index (χ0) is 9.64. The lowest BCUT2D eigenvalue weighted by Crippen LogP contribution is -2.35. The van der Waals surface area contributed by atoms with Crippen LogP contribution in [0.5, 0.6) is 0 Å². The molecule has 4 nitrogen and oxygen atoms in total. The van der Waals surface area contributed by atoms with Crippen LogP contribution in [-0.4, -0.2) is 30.0 Å². The summed E-state index contributed by atoms with van der Waals surface area (Å²) < 4.78 is 23.1. The first-order chi connectivity index (χ1) is 6.01. The Hall–Kier alpha value is -0.580. The molecule has 2 heterocycles. The highest BCUT2D eigenvalue weighted by Gasteiger charge is 2.48. The Labute approximate surface area is 76.9 Å². The van der Waals surface area contributed by atoms with Crippen LogP contribution < -0.4 is 0 Å². The largest absolute Gasteiger partial charge is 0.481 e. The normalized spacial score (nSPS) is 41.7. The fourth-order valence-corrected chi connectivity index (χ4v) is 4.88. The average molecular weight is 204 g/mol. The van der Waals surface area contributed by atoms with Crippen LogP contribution in [0, 0.1) is 5.92 Å². The number of hydrogen-bond donors (Lipinski definition) is 1. The van der Waals surface area contributed by atoms with Crippen LogP contribution in [-0.2, 0) is 14.6 Å². The molecule has 0 spiro atoms. The van der Waals surface area contributed by atoms with E-state index in [4.69, 9.17) is 5.11 Å². The summed E-state index contributed by atoms with van der Waals surface area (Å²) in [5.74, 6) is -1.27. The lowest BCUT2D eigenvalue weighted by molar-refractivity contribution is -0.142. The van der Waals surface area contributed by atoms with Gasteiger partial charge in [-0.3, -0.25) is 4.79 Å². The van der Waals surface area contributed by atoms with Gasteiger partial charge in [-0.15, -0.1) is 0 Å². The van der Waals surface area contributed by atoms with Gasteiger partial charge >= 0.3 is 5.97 Å². The molecule has 2 atom stereocenters. The SMILES string of the molecule is O=C(O)C1CC2CCC(C1)S2(=O)=O. The molecule has 2 unspecified atom stereocenters. The molecule has 13 heavy (non-hydrogen) atoms. The second-order valence-electron chi connectivity index (χ2n) is 3.92. The zero-order valence-corrected chi connectivity index (χ0v) is 7.96. The van der Waals surface area contributed by atoms with Crippen molar-refractivity contribution in [2.75, 3.05) is 0 Å². The van der Waals surface area contributed by atoms with E-state index in [2.05, 4.69) is 0 Å². The molecule has 0 aromatic heterocycles. The molecule has 1 N–H and O–H groups in total. The molecule has 2 bridgehead atoms. The van der Waals surface area contributed by atoms with Crippen molar-refractivity contribution in [3.8, 4) is 0 Å². The van der Waals surface area contributed by atoms with Crippen LogP contribution in [0.4, 0.5) is 0 Å². The van der Waals surface area contributed by atoms with E-state index in [1.807, 2.05) is 0 Å². The summed E-state index contributed by atoms with van der Waals surface area (Å²) >= 11 is 0. The van der Waals surface area contributed by atoms with E-state index in [0.717, 1.165) is 0 Å². The predicted octanol–water partition coefficient (Wildman–Crippen LogP) is 0.427. The first-order valence-corrected chi connectivity index (χ1v) is 6.08. The molecule has 74 valence electrons. The third-order valence-electron chi connectivity index (χ3n) is 3.18. The molecule has 0 aromatic rings. The third-order valence-corrected chi connectivity index (χ3v) is 5.90. The molecular weight excluding hydrogens is 192 g/mol. The number of hydrogen-bond acceptors (Lipinski definition) is 3. The Bertz CT molecular complexity index is 312. The van der Waals surface area contributed by atoms with Crippen LogP contribution in [0.3, 0.4) is 0 Å². The number of sulfone groups is 1. The standard InChI is InChI=1S/C8H12O4S/c9-8(10)5-3-6-1-2-7(4-5)13(6,11)12/h5-7H,1-4H2,(H,9,10). The van der Waals surface area contributed by atoms with Crippen molar-refractivity contribution >= 4 is 15.8 Å². The van der Waals surface area contributed by atoms with Gasteiger partial charge in [-0.25, -0.2) is 8.42 Å². The fourth-order valence-electron chi connectivity index (χ4n) is 2.41. The molecule has 2 saturated heterocycles. The van der Waals surface area contributed by atoms with Crippen LogP contribution >= 0.6 is 0 Å². The van der Waals surface area contributed by atoms with Gasteiger partial charge in [0.25, 0.3) is 0 Å². The minimum atomic E-state index is -2.96. The fraction of sp³-hybridized carbons (Fsp3) is 0.875. The number of carboxylic acid groups (broad SMARTS) is 1. The first kappa shape index (κ1) is 8.99. The van der Waals surface area contributed by atoms with Crippen molar-refractivity contribution in [1.82, 2.24) is 0 Å². The van der Waals surface area contributed by atoms with E-state index >= 15 is 0 Å². The highest BCUT2D eigenvalue weighted by molar-refractivity contribution is 7.93. The molecule has 0 radical (unpaired) electrons. The Balaban J connectivity index is 2.25. The van der Waals surface area contributed by atoms with Crippen LogP contribution in [0.25, 0.3) is 0 Å². The van der Waals surface area contributed by atoms with E-state index < -0.39 is 21.7 Å². The summed E-state index contributed by atoms with van der Waals surface area (Å²) in [7, 11) is -2.96. The van der Waals surface area contributed by atoms with Crippen molar-refractivity contribution in [1.29, 1.82) is 0 Å². The number of carbonyl (C=O) groups is 1. The molecule has 2 aliphatic rings. The Morgan fingerprint density at radius 3 is 2.00 bits per heavy atom. The van der Waals surface area contributed by atoms with Gasteiger partial charge in [-0.1, -0.05) is 0 Å². The molecule has 0 amide bonds. The van der Waals surface area contributed by atoms with Gasteiger partial charge in [0.05, 0.1) is 16.4 Å². The quantitative estimate of drug-likeness (QED) is 0.672. The number of fused-ring (bicyclic) bond motifs is 2. The maximum Gasteiger partial charge on any atom is 0.306 e. The lowest BCUT2D eigenvalue weighted by Gasteiger charge is -2.24. The molecular formula is C8H12O4S. The van der Waals surface area contributed by atoms with Crippen LogP contribution in [0.15, 0.2) is 0 Å². The maximum atomic E-state index is 11.6. The van der Waals surface area contributed by atoms with E-state index in [9.17, 15) is 13.2 Å². The van der Waals surface area contributed by atoms with Gasteiger partial charge in [0.1, 0.15) is 0 Å². The summed E-state index contributed by atoms with van der Waals surface area (Å²) in [5, 5.41) is 8.04. The minimum absolute atomic E-state index is 0.328. The van der Waals surface area contributed by atoms with E-state index in [1.54, 1.807) is 0 Å². The second-order valence-corrected chi connectivity index (χ2v) is 6.43. The molecule has 0 aromatic carbocycles. The van der Waals surface area contributed by atoms with E-state index in [0.29, 0.717) is 25.7 Å². The van der Waals surface area contributed by atoms with Crippen molar-refractivity contribution in [2.45, 2.75) is 36.2 Å². The van der Waals surface area contributed by atoms with E-state index in [1.165, 1.54) is 0 Å². The minimum Gasteiger partial charge on any atom is -0.481 e. The van der Waals surface area contributed by atoms with Gasteiger partial charge in [0, 0.05) is 0 Å². The van der Waals surface area contributed by atoms with Crippen LogP contribution in [0.2, 0.25) is 0 Å². The van der Waals surface area contributed by atoms with E-state index in [-0.39, 0.29) is 10.5 Å². The van der Waals surface area contributed by atoms with Crippen molar-refractivity contribution in [3.63, 3.8) is 0 Å². The highest BCUT2D eigenvalue weighted by Crippen LogP contribution is 2.41. The molecule has 2 fully saturated rings. The van der Waals surface area contributed by atoms with Crippen molar-refractivity contribution in [2.24, 2.45) is 5.92 Å². The van der Waals surface area contributed by atoms with Gasteiger partial charge < -0.3 is 5.11 Å². The zero-order valence-electron chi connectivity index (χ0n) is 7.14. The van der Waals surface area contributed by atoms with Gasteiger partial charge in [-0.2, -0.15) is 0 Å². The summed E-state index contributed by atoms with van der Waals surface area (Å²) in [4.78, 5) is 10.7. The highest BCUT2D eigenvalue weighted by atomic mass is 32.2. The third kappa shape index (κ3) is 1.25. The summed E-state index contributed by atoms with van der Waals surface area (Å²) in [6.07, 6.45) is 1.98. The average Bonchev–Trinajstić information content (AvgIpc) is 2.24.